The summed E-state index contributed by atoms with van der Waals surface area (Å²) in [4.78, 5) is 52.6. The van der Waals surface area contributed by atoms with Gasteiger partial charge in [-0.3, -0.25) is 29.8 Å². The normalized spacial score (nSPS) is 11.9. The number of nitrogens with zero attached hydrogens (tertiary/aromatic N) is 3. The van der Waals surface area contributed by atoms with Crippen LogP contribution in [0.1, 0.15) is 51.4 Å². The van der Waals surface area contributed by atoms with Crippen molar-refractivity contribution in [1.29, 1.82) is 0 Å². The van der Waals surface area contributed by atoms with Crippen LogP contribution < -0.4 is 0 Å². The Morgan fingerprint density at radius 1 is 1.03 bits per heavy atom. The Balaban J connectivity index is 3.19. The molecule has 0 aliphatic heterocycles. The molecule has 1 aromatic carbocycles. The number of fused-ring (bicyclic) bond motifs is 1. The molecule has 1 N–H and O–H groups in total. The third-order valence-corrected chi connectivity index (χ3v) is 4.97. The summed E-state index contributed by atoms with van der Waals surface area (Å²) in [5, 5.41) is 23.5. The van der Waals surface area contributed by atoms with Crippen molar-refractivity contribution in [2.24, 2.45) is 0 Å². The first-order valence-electron chi connectivity index (χ1n) is 10.1. The van der Waals surface area contributed by atoms with Gasteiger partial charge in [0.25, 0.3) is 5.69 Å². The van der Waals surface area contributed by atoms with Crippen LogP contribution in [0.3, 0.4) is 0 Å². The number of H-pyrrole nitrogens is 1. The Morgan fingerprint density at radius 2 is 1.56 bits per heavy atom. The predicted molar refractivity (Wildman–Crippen MR) is 109 cm³/mol. The number of aromatic amines is 1. The molecule has 1 aromatic heterocycles. The maximum absolute atomic E-state index is 13.4. The van der Waals surface area contributed by atoms with Gasteiger partial charge in [0, 0.05) is 0 Å². The number of unbranched alkanes of at least 4 members (excludes halogenated alkanes) is 1. The predicted octanol–water partition coefficient (Wildman–Crippen LogP) is 3.95. The number of non-ortho nitro benzene ring substituents is 1. The summed E-state index contributed by atoms with van der Waals surface area (Å²) in [6.45, 7) is 3.93. The molecular weight excluding hydrogens is 469 g/mol. The smallest absolute Gasteiger partial charge is 0.449 e. The third kappa shape index (κ3) is 4.63. The van der Waals surface area contributed by atoms with Crippen LogP contribution in [0.2, 0.25) is 0 Å². The molecule has 2 aromatic rings. The fourth-order valence-corrected chi connectivity index (χ4v) is 3.55. The average Bonchev–Trinajstić information content (AvgIpc) is 3.19. The van der Waals surface area contributed by atoms with E-state index in [-0.39, 0.29) is 19.6 Å². The van der Waals surface area contributed by atoms with Gasteiger partial charge in [-0.15, -0.1) is 0 Å². The van der Waals surface area contributed by atoms with Crippen LogP contribution in [0, 0.1) is 20.2 Å². The Hall–Kier alpha value is -3.78. The van der Waals surface area contributed by atoms with Gasteiger partial charge in [0.05, 0.1) is 40.2 Å². The van der Waals surface area contributed by atoms with Crippen molar-refractivity contribution in [1.82, 2.24) is 9.97 Å². The van der Waals surface area contributed by atoms with Crippen molar-refractivity contribution < 1.29 is 42.1 Å². The Morgan fingerprint density at radius 3 is 1.97 bits per heavy atom. The number of nitro benzene ring substituents is 2. The van der Waals surface area contributed by atoms with E-state index < -0.39 is 73.6 Å². The number of esters is 2. The van der Waals surface area contributed by atoms with Gasteiger partial charge < -0.3 is 14.5 Å². The fourth-order valence-electron chi connectivity index (χ4n) is 3.55. The zero-order chi connectivity index (χ0) is 25.8. The molecule has 0 atom stereocenters. The van der Waals surface area contributed by atoms with Crippen LogP contribution in [-0.4, -0.2) is 45.0 Å². The minimum atomic E-state index is -5.13. The van der Waals surface area contributed by atoms with Crippen LogP contribution in [0.15, 0.2) is 6.07 Å². The molecule has 12 nitrogen and oxygen atoms in total. The lowest BCUT2D eigenvalue weighted by molar-refractivity contribution is -0.393. The van der Waals surface area contributed by atoms with E-state index in [1.54, 1.807) is 6.92 Å². The molecule has 2 rings (SSSR count). The lowest BCUT2D eigenvalue weighted by Crippen LogP contribution is -2.47. The van der Waals surface area contributed by atoms with Crippen LogP contribution in [0.5, 0.6) is 0 Å². The molecule has 0 saturated carbocycles. The third-order valence-electron chi connectivity index (χ3n) is 4.97. The quantitative estimate of drug-likeness (QED) is 0.224. The van der Waals surface area contributed by atoms with Gasteiger partial charge in [0.1, 0.15) is 0 Å². The first-order valence-corrected chi connectivity index (χ1v) is 10.1. The summed E-state index contributed by atoms with van der Waals surface area (Å²) in [6.07, 6.45) is -5.08. The standard InChI is InChI=1S/C19H21F3N4O8/c1-4-7-8-18(16(27)33-5-2,17(28)34-6-3)12-10(25(29)30)9-11(26(31)32)13-14(12)24-15(23-13)19(20,21)22/h9H,4-8H2,1-3H3,(H,23,24). The number of imidazole rings is 1. The van der Waals surface area contributed by atoms with Crippen molar-refractivity contribution in [3.05, 3.63) is 37.7 Å². The maximum atomic E-state index is 13.4. The highest BCUT2D eigenvalue weighted by atomic mass is 19.4. The topological polar surface area (TPSA) is 168 Å². The molecule has 0 spiro atoms. The lowest BCUT2D eigenvalue weighted by atomic mass is 9.74. The van der Waals surface area contributed by atoms with Gasteiger partial charge in [-0.05, 0) is 20.3 Å². The van der Waals surface area contributed by atoms with Crippen molar-refractivity contribution in [2.75, 3.05) is 13.2 Å². The lowest BCUT2D eigenvalue weighted by Gasteiger charge is -2.29. The van der Waals surface area contributed by atoms with E-state index in [2.05, 4.69) is 4.98 Å². The van der Waals surface area contributed by atoms with Crippen LogP contribution >= 0.6 is 0 Å². The van der Waals surface area contributed by atoms with Crippen molar-refractivity contribution in [3.8, 4) is 0 Å². The van der Waals surface area contributed by atoms with Gasteiger partial charge in [-0.25, -0.2) is 4.98 Å². The molecule has 0 aliphatic carbocycles. The molecule has 0 saturated heterocycles. The van der Waals surface area contributed by atoms with E-state index in [0.29, 0.717) is 12.5 Å². The molecule has 15 heteroatoms. The first-order chi connectivity index (χ1) is 15.9. The Labute approximate surface area is 189 Å². The second-order valence-electron chi connectivity index (χ2n) is 7.06. The molecule has 0 fully saturated rings. The van der Waals surface area contributed by atoms with Crippen LogP contribution in [-0.2, 0) is 30.7 Å². The zero-order valence-electron chi connectivity index (χ0n) is 18.4. The molecule has 0 aliphatic rings. The van der Waals surface area contributed by atoms with E-state index in [4.69, 9.17) is 9.47 Å². The zero-order valence-corrected chi connectivity index (χ0v) is 18.4. The highest BCUT2D eigenvalue weighted by Gasteiger charge is 2.56. The molecule has 186 valence electrons. The number of alkyl halides is 3. The SMILES string of the molecule is CCCCC(C(=O)OCC)(C(=O)OCC)c1c([N+](=O)[O-])cc([N+](=O)[O-])c2nc(C(F)(F)F)[nH]c12. The molecule has 0 radical (unpaired) electrons. The summed E-state index contributed by atoms with van der Waals surface area (Å²) in [5.74, 6) is -4.31. The van der Waals surface area contributed by atoms with Crippen molar-refractivity contribution in [2.45, 2.75) is 51.6 Å². The number of nitrogens with one attached hydrogen (secondary N) is 1. The maximum Gasteiger partial charge on any atom is 0.449 e. The second-order valence-corrected chi connectivity index (χ2v) is 7.06. The average molecular weight is 490 g/mol. The molecular formula is C19H21F3N4O8. The summed E-state index contributed by atoms with van der Waals surface area (Å²) in [7, 11) is 0. The molecule has 34 heavy (non-hydrogen) atoms. The van der Waals surface area contributed by atoms with E-state index in [1.807, 2.05) is 4.98 Å². The summed E-state index contributed by atoms with van der Waals surface area (Å²) in [5.41, 5.74) is -7.44. The largest absolute Gasteiger partial charge is 0.465 e. The van der Waals surface area contributed by atoms with Gasteiger partial charge in [-0.2, -0.15) is 13.2 Å². The number of hydrogen-bond donors (Lipinski definition) is 1. The second kappa shape index (κ2) is 10.0. The molecule has 0 bridgehead atoms. The highest BCUT2D eigenvalue weighted by molar-refractivity contribution is 6.11. The monoisotopic (exact) mass is 490 g/mol. The van der Waals surface area contributed by atoms with Crippen molar-refractivity contribution >= 4 is 34.3 Å². The summed E-state index contributed by atoms with van der Waals surface area (Å²) >= 11 is 0. The van der Waals surface area contributed by atoms with Gasteiger partial charge in [0.2, 0.25) is 5.82 Å². The van der Waals surface area contributed by atoms with Crippen molar-refractivity contribution in [3.63, 3.8) is 0 Å². The number of nitro groups is 2. The highest BCUT2D eigenvalue weighted by Crippen LogP contribution is 2.46. The number of ether oxygens (including phenoxy) is 2. The first kappa shape index (κ1) is 26.5. The molecule has 1 heterocycles. The number of aromatic nitrogens is 2. The molecule has 0 unspecified atom stereocenters. The fraction of sp³-hybridized carbons (Fsp3) is 0.526. The number of halogens is 3. The van der Waals surface area contributed by atoms with Gasteiger partial charge in [0.15, 0.2) is 10.9 Å². The number of hydrogen-bond acceptors (Lipinski definition) is 9. The minimum Gasteiger partial charge on any atom is -0.465 e. The number of benzene rings is 1. The van der Waals surface area contributed by atoms with E-state index >= 15 is 0 Å². The Kier molecular flexibility index (Phi) is 7.79. The van der Waals surface area contributed by atoms with E-state index in [9.17, 15) is 43.0 Å². The minimum absolute atomic E-state index is 0.105. The number of carbonyl (C=O) groups is 2. The summed E-state index contributed by atoms with van der Waals surface area (Å²) in [6, 6.07) is 0.373. The van der Waals surface area contributed by atoms with Crippen LogP contribution in [0.4, 0.5) is 24.5 Å². The van der Waals surface area contributed by atoms with E-state index in [1.165, 1.54) is 13.8 Å². The summed E-state index contributed by atoms with van der Waals surface area (Å²) < 4.78 is 50.3. The van der Waals surface area contributed by atoms with Crippen LogP contribution in [0.25, 0.3) is 11.0 Å². The van der Waals surface area contributed by atoms with Gasteiger partial charge in [-0.1, -0.05) is 19.8 Å². The number of carbonyl (C=O) groups excluding carboxylic acids is 2. The molecule has 0 amide bonds. The Bertz CT molecular complexity index is 1110. The van der Waals surface area contributed by atoms with E-state index in [0.717, 1.165) is 0 Å². The number of rotatable bonds is 10. The van der Waals surface area contributed by atoms with Gasteiger partial charge >= 0.3 is 23.8 Å².